The van der Waals surface area contributed by atoms with Crippen molar-refractivity contribution >= 4 is 27.3 Å². The fraction of sp³-hybridized carbons (Fsp3) is 0.0625. The molecule has 1 aromatic heterocycles. The van der Waals surface area contributed by atoms with E-state index in [-0.39, 0.29) is 5.03 Å². The number of rotatable bonds is 4. The summed E-state index contributed by atoms with van der Waals surface area (Å²) >= 11 is 5.98. The van der Waals surface area contributed by atoms with Crippen molar-refractivity contribution in [3.63, 3.8) is 0 Å². The number of hydrogen-bond donors (Lipinski definition) is 2. The lowest BCUT2D eigenvalue weighted by Gasteiger charge is -2.09. The molecule has 3 rings (SSSR count). The van der Waals surface area contributed by atoms with Crippen LogP contribution in [0.15, 0.2) is 59.8 Å². The molecule has 0 aliphatic rings. The van der Waals surface area contributed by atoms with Crippen LogP contribution < -0.4 is 4.72 Å². The molecule has 7 heteroatoms. The molecule has 0 aliphatic carbocycles. The van der Waals surface area contributed by atoms with Gasteiger partial charge in [-0.2, -0.15) is 13.5 Å². The molecule has 0 spiro atoms. The highest BCUT2D eigenvalue weighted by Gasteiger charge is 2.22. The summed E-state index contributed by atoms with van der Waals surface area (Å²) in [6.07, 6.45) is 1.47. The summed E-state index contributed by atoms with van der Waals surface area (Å²) in [6.45, 7) is 1.93. The number of nitrogens with one attached hydrogen (secondary N) is 2. The number of sulfonamides is 1. The Kier molecular flexibility index (Phi) is 4.11. The van der Waals surface area contributed by atoms with Crippen LogP contribution >= 0.6 is 11.6 Å². The topological polar surface area (TPSA) is 74.8 Å². The number of hydrogen-bond acceptors (Lipinski definition) is 3. The first-order valence-corrected chi connectivity index (χ1v) is 8.70. The number of benzene rings is 2. The standard InChI is InChI=1S/C16H14ClN3O2S/c1-11-5-7-14(8-6-11)20-23(21,22)16-15(10-18-19-16)12-3-2-4-13(17)9-12/h2-10,20H,1H3,(H,18,19). The molecule has 0 amide bonds. The van der Waals surface area contributed by atoms with Crippen molar-refractivity contribution < 1.29 is 8.42 Å². The molecule has 3 aromatic rings. The monoisotopic (exact) mass is 347 g/mol. The molecule has 0 fully saturated rings. The lowest BCUT2D eigenvalue weighted by molar-refractivity contribution is 0.597. The van der Waals surface area contributed by atoms with Gasteiger partial charge >= 0.3 is 0 Å². The first-order chi connectivity index (χ1) is 11.0. The van der Waals surface area contributed by atoms with Gasteiger partial charge in [-0.1, -0.05) is 41.4 Å². The van der Waals surface area contributed by atoms with Crippen LogP contribution in [0, 0.1) is 6.92 Å². The van der Waals surface area contributed by atoms with E-state index < -0.39 is 10.0 Å². The lowest BCUT2D eigenvalue weighted by atomic mass is 10.1. The predicted octanol–water partition coefficient (Wildman–Crippen LogP) is 3.84. The second-order valence-corrected chi connectivity index (χ2v) is 7.15. The smallest absolute Gasteiger partial charge is 0.278 e. The molecule has 23 heavy (non-hydrogen) atoms. The fourth-order valence-corrected chi connectivity index (χ4v) is 3.54. The predicted molar refractivity (Wildman–Crippen MR) is 91.0 cm³/mol. The summed E-state index contributed by atoms with van der Waals surface area (Å²) in [5.41, 5.74) is 2.68. The van der Waals surface area contributed by atoms with Gasteiger partial charge in [0.25, 0.3) is 10.0 Å². The zero-order chi connectivity index (χ0) is 16.4. The molecule has 0 aliphatic heterocycles. The van der Waals surface area contributed by atoms with Crippen LogP contribution in [0.1, 0.15) is 5.56 Å². The van der Waals surface area contributed by atoms with Crippen molar-refractivity contribution in [2.45, 2.75) is 11.9 Å². The average molecular weight is 348 g/mol. The molecule has 0 unspecified atom stereocenters. The van der Waals surface area contributed by atoms with Crippen molar-refractivity contribution in [1.82, 2.24) is 10.2 Å². The van der Waals surface area contributed by atoms with Crippen LogP contribution in [0.4, 0.5) is 5.69 Å². The molecule has 0 saturated carbocycles. The molecule has 0 atom stereocenters. The second kappa shape index (κ2) is 6.06. The van der Waals surface area contributed by atoms with E-state index in [1.807, 2.05) is 19.1 Å². The van der Waals surface area contributed by atoms with Gasteiger partial charge < -0.3 is 0 Å². The third-order valence-electron chi connectivity index (χ3n) is 3.31. The van der Waals surface area contributed by atoms with E-state index in [9.17, 15) is 8.42 Å². The van der Waals surface area contributed by atoms with E-state index in [1.165, 1.54) is 6.20 Å². The van der Waals surface area contributed by atoms with Gasteiger partial charge in [-0.15, -0.1) is 0 Å². The number of aromatic amines is 1. The highest BCUT2D eigenvalue weighted by Crippen LogP contribution is 2.28. The highest BCUT2D eigenvalue weighted by molar-refractivity contribution is 7.92. The summed E-state index contributed by atoms with van der Waals surface area (Å²) in [6, 6.07) is 14.0. The molecular formula is C16H14ClN3O2S. The zero-order valence-electron chi connectivity index (χ0n) is 12.2. The minimum atomic E-state index is -3.79. The van der Waals surface area contributed by atoms with Crippen LogP contribution in [0.3, 0.4) is 0 Å². The molecule has 0 saturated heterocycles. The minimum absolute atomic E-state index is 0.000316. The molecule has 1 heterocycles. The van der Waals surface area contributed by atoms with Crippen LogP contribution in [-0.2, 0) is 10.0 Å². The van der Waals surface area contributed by atoms with E-state index in [1.54, 1.807) is 36.4 Å². The van der Waals surface area contributed by atoms with Crippen molar-refractivity contribution in [2.24, 2.45) is 0 Å². The van der Waals surface area contributed by atoms with Gasteiger partial charge in [-0.25, -0.2) is 0 Å². The maximum atomic E-state index is 12.6. The highest BCUT2D eigenvalue weighted by atomic mass is 35.5. The number of aryl methyl sites for hydroxylation is 1. The first-order valence-electron chi connectivity index (χ1n) is 6.84. The summed E-state index contributed by atoms with van der Waals surface area (Å²) < 4.78 is 27.8. The quantitative estimate of drug-likeness (QED) is 0.753. The van der Waals surface area contributed by atoms with Gasteiger partial charge in [0.2, 0.25) is 0 Å². The molecule has 5 nitrogen and oxygen atoms in total. The van der Waals surface area contributed by atoms with Gasteiger partial charge in [0, 0.05) is 16.3 Å². The molecule has 2 aromatic carbocycles. The van der Waals surface area contributed by atoms with Crippen molar-refractivity contribution in [3.8, 4) is 11.1 Å². The van der Waals surface area contributed by atoms with Crippen LogP contribution in [-0.4, -0.2) is 18.6 Å². The Morgan fingerprint density at radius 1 is 1.13 bits per heavy atom. The maximum Gasteiger partial charge on any atom is 0.279 e. The lowest BCUT2D eigenvalue weighted by Crippen LogP contribution is -2.14. The van der Waals surface area contributed by atoms with Crippen molar-refractivity contribution in [1.29, 1.82) is 0 Å². The Hall–Kier alpha value is -2.31. The normalized spacial score (nSPS) is 11.4. The van der Waals surface area contributed by atoms with Gasteiger partial charge in [0.15, 0.2) is 5.03 Å². The van der Waals surface area contributed by atoms with E-state index in [2.05, 4.69) is 14.9 Å². The van der Waals surface area contributed by atoms with Gasteiger partial charge in [-0.05, 0) is 36.8 Å². The third-order valence-corrected chi connectivity index (χ3v) is 4.90. The Balaban J connectivity index is 1.98. The molecule has 118 valence electrons. The Bertz CT molecular complexity index is 934. The van der Waals surface area contributed by atoms with E-state index >= 15 is 0 Å². The van der Waals surface area contributed by atoms with Crippen LogP contribution in [0.5, 0.6) is 0 Å². The largest absolute Gasteiger partial charge is 0.279 e. The molecule has 0 radical (unpaired) electrons. The average Bonchev–Trinajstić information content (AvgIpc) is 3.00. The Labute approximate surface area is 139 Å². The number of H-pyrrole nitrogens is 1. The van der Waals surface area contributed by atoms with Crippen molar-refractivity contribution in [2.75, 3.05) is 4.72 Å². The van der Waals surface area contributed by atoms with Gasteiger partial charge in [0.05, 0.1) is 6.20 Å². The summed E-state index contributed by atoms with van der Waals surface area (Å²) in [7, 11) is -3.79. The summed E-state index contributed by atoms with van der Waals surface area (Å²) in [5, 5.41) is 6.94. The van der Waals surface area contributed by atoms with Crippen LogP contribution in [0.2, 0.25) is 5.02 Å². The minimum Gasteiger partial charge on any atom is -0.278 e. The molecular weight excluding hydrogens is 334 g/mol. The third kappa shape index (κ3) is 3.38. The van der Waals surface area contributed by atoms with Gasteiger partial charge in [-0.3, -0.25) is 9.82 Å². The fourth-order valence-electron chi connectivity index (χ4n) is 2.17. The summed E-state index contributed by atoms with van der Waals surface area (Å²) in [4.78, 5) is 0. The zero-order valence-corrected chi connectivity index (χ0v) is 13.8. The Morgan fingerprint density at radius 2 is 1.87 bits per heavy atom. The van der Waals surface area contributed by atoms with E-state index in [0.29, 0.717) is 21.8 Å². The van der Waals surface area contributed by atoms with E-state index in [4.69, 9.17) is 11.6 Å². The molecule has 2 N–H and O–H groups in total. The van der Waals surface area contributed by atoms with Crippen molar-refractivity contribution in [3.05, 3.63) is 65.3 Å². The number of anilines is 1. The Morgan fingerprint density at radius 3 is 2.57 bits per heavy atom. The molecule has 0 bridgehead atoms. The van der Waals surface area contributed by atoms with Crippen LogP contribution in [0.25, 0.3) is 11.1 Å². The SMILES string of the molecule is Cc1ccc(NS(=O)(=O)c2[nH]ncc2-c2cccc(Cl)c2)cc1. The van der Waals surface area contributed by atoms with Gasteiger partial charge in [0.1, 0.15) is 0 Å². The first kappa shape index (κ1) is 15.6. The maximum absolute atomic E-state index is 12.6. The second-order valence-electron chi connectivity index (χ2n) is 5.09. The van der Waals surface area contributed by atoms with E-state index in [0.717, 1.165) is 5.56 Å². The summed E-state index contributed by atoms with van der Waals surface area (Å²) in [5.74, 6) is 0. The number of halogens is 1. The number of nitrogens with zero attached hydrogens (tertiary/aromatic N) is 1. The number of aromatic nitrogens is 2.